The first-order valence-electron chi connectivity index (χ1n) is 6.40. The van der Waals surface area contributed by atoms with Gasteiger partial charge in [0, 0.05) is 22.2 Å². The molecule has 2 N–H and O–H groups in total. The summed E-state index contributed by atoms with van der Waals surface area (Å²) in [6.45, 7) is 4.09. The molecule has 0 spiro atoms. The Hall–Kier alpha value is -1.58. The Morgan fingerprint density at radius 3 is 2.65 bits per heavy atom. The zero-order valence-corrected chi connectivity index (χ0v) is 12.2. The average Bonchev–Trinajstić information content (AvgIpc) is 2.38. The summed E-state index contributed by atoms with van der Waals surface area (Å²) in [5.74, 6) is 0.260. The molecule has 0 aliphatic rings. The molecule has 2 rings (SSSR count). The maximum atomic E-state index is 13.2. The van der Waals surface area contributed by atoms with Gasteiger partial charge in [-0.1, -0.05) is 23.7 Å². The number of hydrogen-bond acceptors (Lipinski definition) is 2. The Balaban J connectivity index is 2.18. The van der Waals surface area contributed by atoms with Gasteiger partial charge in [-0.05, 0) is 43.7 Å². The van der Waals surface area contributed by atoms with Gasteiger partial charge in [0.05, 0.1) is 0 Å². The van der Waals surface area contributed by atoms with Crippen molar-refractivity contribution in [1.82, 2.24) is 0 Å². The van der Waals surface area contributed by atoms with Gasteiger partial charge in [0.25, 0.3) is 0 Å². The summed E-state index contributed by atoms with van der Waals surface area (Å²) >= 11 is 6.16. The summed E-state index contributed by atoms with van der Waals surface area (Å²) in [6.07, 6.45) is 0. The minimum Gasteiger partial charge on any atom is -0.489 e. The summed E-state index contributed by atoms with van der Waals surface area (Å²) in [5.41, 5.74) is 8.46. The highest BCUT2D eigenvalue weighted by atomic mass is 35.5. The van der Waals surface area contributed by atoms with E-state index in [1.165, 1.54) is 12.1 Å². The van der Waals surface area contributed by atoms with Gasteiger partial charge < -0.3 is 10.5 Å². The maximum absolute atomic E-state index is 13.2. The summed E-state index contributed by atoms with van der Waals surface area (Å²) < 4.78 is 19.0. The van der Waals surface area contributed by atoms with Crippen molar-refractivity contribution in [2.24, 2.45) is 5.73 Å². The molecule has 0 aliphatic heterocycles. The van der Waals surface area contributed by atoms with Gasteiger partial charge in [-0.25, -0.2) is 4.39 Å². The predicted molar refractivity (Wildman–Crippen MR) is 79.5 cm³/mol. The number of ether oxygens (including phenoxy) is 1. The van der Waals surface area contributed by atoms with Crippen LogP contribution in [0.1, 0.15) is 29.7 Å². The molecule has 2 aromatic carbocycles. The number of rotatable bonds is 4. The van der Waals surface area contributed by atoms with E-state index in [-0.39, 0.29) is 11.9 Å². The Morgan fingerprint density at radius 2 is 2.00 bits per heavy atom. The van der Waals surface area contributed by atoms with Crippen LogP contribution < -0.4 is 10.5 Å². The van der Waals surface area contributed by atoms with E-state index in [0.717, 1.165) is 11.1 Å². The SMILES string of the molecule is Cc1ccc(COc2ccc(F)cc2C(C)N)c(Cl)c1. The van der Waals surface area contributed by atoms with Crippen LogP contribution in [0.4, 0.5) is 4.39 Å². The second-order valence-electron chi connectivity index (χ2n) is 4.85. The van der Waals surface area contributed by atoms with Crippen molar-refractivity contribution in [3.05, 3.63) is 63.9 Å². The Kier molecular flexibility index (Phi) is 4.63. The molecule has 4 heteroatoms. The molecule has 0 fully saturated rings. The monoisotopic (exact) mass is 293 g/mol. The molecular weight excluding hydrogens is 277 g/mol. The van der Waals surface area contributed by atoms with Crippen LogP contribution in [0.2, 0.25) is 5.02 Å². The molecule has 1 unspecified atom stereocenters. The van der Waals surface area contributed by atoms with Crippen LogP contribution in [0.3, 0.4) is 0 Å². The van der Waals surface area contributed by atoms with Gasteiger partial charge in [-0.3, -0.25) is 0 Å². The van der Waals surface area contributed by atoms with E-state index in [0.29, 0.717) is 22.9 Å². The van der Waals surface area contributed by atoms with Crippen LogP contribution in [0, 0.1) is 12.7 Å². The van der Waals surface area contributed by atoms with Crippen LogP contribution in [0.25, 0.3) is 0 Å². The van der Waals surface area contributed by atoms with E-state index in [1.807, 2.05) is 25.1 Å². The van der Waals surface area contributed by atoms with E-state index < -0.39 is 0 Å². The number of benzene rings is 2. The zero-order valence-electron chi connectivity index (χ0n) is 11.5. The highest BCUT2D eigenvalue weighted by Gasteiger charge is 2.10. The lowest BCUT2D eigenvalue weighted by molar-refractivity contribution is 0.301. The van der Waals surface area contributed by atoms with Gasteiger partial charge in [0.1, 0.15) is 18.2 Å². The van der Waals surface area contributed by atoms with E-state index >= 15 is 0 Å². The van der Waals surface area contributed by atoms with E-state index in [9.17, 15) is 4.39 Å². The number of hydrogen-bond donors (Lipinski definition) is 1. The molecule has 0 aromatic heterocycles. The standard InChI is InChI=1S/C16H17ClFNO/c1-10-3-4-12(15(17)7-10)9-20-16-6-5-13(18)8-14(16)11(2)19/h3-8,11H,9,19H2,1-2H3. The van der Waals surface area contributed by atoms with Crippen LogP contribution in [0.5, 0.6) is 5.75 Å². The summed E-state index contributed by atoms with van der Waals surface area (Å²) in [4.78, 5) is 0. The Labute approximate surface area is 123 Å². The summed E-state index contributed by atoms with van der Waals surface area (Å²) in [6, 6.07) is 9.84. The molecule has 2 aromatic rings. The van der Waals surface area contributed by atoms with Crippen molar-refractivity contribution in [3.63, 3.8) is 0 Å². The highest BCUT2D eigenvalue weighted by molar-refractivity contribution is 6.31. The van der Waals surface area contributed by atoms with Crippen LogP contribution in [-0.4, -0.2) is 0 Å². The predicted octanol–water partition coefficient (Wildman–Crippen LogP) is 4.39. The van der Waals surface area contributed by atoms with Gasteiger partial charge in [-0.15, -0.1) is 0 Å². The van der Waals surface area contributed by atoms with Crippen molar-refractivity contribution < 1.29 is 9.13 Å². The van der Waals surface area contributed by atoms with Crippen LogP contribution in [0.15, 0.2) is 36.4 Å². The minimum atomic E-state index is -0.321. The lowest BCUT2D eigenvalue weighted by atomic mass is 10.1. The van der Waals surface area contributed by atoms with Crippen molar-refractivity contribution in [2.45, 2.75) is 26.5 Å². The van der Waals surface area contributed by atoms with Gasteiger partial charge in [-0.2, -0.15) is 0 Å². The summed E-state index contributed by atoms with van der Waals surface area (Å²) in [5, 5.41) is 0.662. The Bertz CT molecular complexity index is 613. The van der Waals surface area contributed by atoms with Crippen LogP contribution in [-0.2, 0) is 6.61 Å². The molecule has 0 radical (unpaired) electrons. The largest absolute Gasteiger partial charge is 0.489 e. The second-order valence-corrected chi connectivity index (χ2v) is 5.26. The fraction of sp³-hybridized carbons (Fsp3) is 0.250. The third-order valence-corrected chi connectivity index (χ3v) is 3.41. The first kappa shape index (κ1) is 14.8. The maximum Gasteiger partial charge on any atom is 0.124 e. The smallest absolute Gasteiger partial charge is 0.124 e. The summed E-state index contributed by atoms with van der Waals surface area (Å²) in [7, 11) is 0. The molecule has 1 atom stereocenters. The Morgan fingerprint density at radius 1 is 1.25 bits per heavy atom. The molecule has 0 aliphatic carbocycles. The molecule has 106 valence electrons. The van der Waals surface area contributed by atoms with Crippen molar-refractivity contribution >= 4 is 11.6 Å². The molecule has 20 heavy (non-hydrogen) atoms. The van der Waals surface area contributed by atoms with Crippen LogP contribution >= 0.6 is 11.6 Å². The highest BCUT2D eigenvalue weighted by Crippen LogP contribution is 2.27. The van der Waals surface area contributed by atoms with Gasteiger partial charge in [0.15, 0.2) is 0 Å². The van der Waals surface area contributed by atoms with E-state index in [1.54, 1.807) is 13.0 Å². The fourth-order valence-electron chi connectivity index (χ4n) is 1.93. The quantitative estimate of drug-likeness (QED) is 0.907. The number of nitrogens with two attached hydrogens (primary N) is 1. The molecular formula is C16H17ClFNO. The first-order chi connectivity index (χ1) is 9.47. The number of aryl methyl sites for hydroxylation is 1. The van der Waals surface area contributed by atoms with Gasteiger partial charge >= 0.3 is 0 Å². The lowest BCUT2D eigenvalue weighted by Gasteiger charge is -2.15. The number of halogens is 2. The minimum absolute atomic E-state index is 0.297. The molecule has 0 bridgehead atoms. The molecule has 2 nitrogen and oxygen atoms in total. The van der Waals surface area contributed by atoms with Crippen molar-refractivity contribution in [3.8, 4) is 5.75 Å². The van der Waals surface area contributed by atoms with E-state index in [4.69, 9.17) is 22.1 Å². The lowest BCUT2D eigenvalue weighted by Crippen LogP contribution is -2.08. The van der Waals surface area contributed by atoms with E-state index in [2.05, 4.69) is 0 Å². The third kappa shape index (κ3) is 3.50. The normalized spacial score (nSPS) is 12.2. The third-order valence-electron chi connectivity index (χ3n) is 3.05. The van der Waals surface area contributed by atoms with Crippen molar-refractivity contribution in [1.29, 1.82) is 0 Å². The zero-order chi connectivity index (χ0) is 14.7. The second kappa shape index (κ2) is 6.25. The topological polar surface area (TPSA) is 35.2 Å². The molecule has 0 saturated carbocycles. The fourth-order valence-corrected chi connectivity index (χ4v) is 2.22. The van der Waals surface area contributed by atoms with Crippen molar-refractivity contribution in [2.75, 3.05) is 0 Å². The molecule has 0 amide bonds. The van der Waals surface area contributed by atoms with Gasteiger partial charge in [0.2, 0.25) is 0 Å². The molecule has 0 heterocycles. The average molecular weight is 294 g/mol. The first-order valence-corrected chi connectivity index (χ1v) is 6.78. The molecule has 0 saturated heterocycles.